The van der Waals surface area contributed by atoms with Crippen molar-refractivity contribution in [1.29, 1.82) is 0 Å². The third-order valence-electron chi connectivity index (χ3n) is 1.92. The number of rotatable bonds is 3. The van der Waals surface area contributed by atoms with Gasteiger partial charge in [0.2, 0.25) is 0 Å². The molecule has 0 aliphatic heterocycles. The van der Waals surface area contributed by atoms with E-state index in [4.69, 9.17) is 22.1 Å². The summed E-state index contributed by atoms with van der Waals surface area (Å²) in [5.74, 6) is 1.28. The van der Waals surface area contributed by atoms with Crippen molar-refractivity contribution in [3.05, 3.63) is 22.2 Å². The summed E-state index contributed by atoms with van der Waals surface area (Å²) in [6.07, 6.45) is 0. The van der Waals surface area contributed by atoms with E-state index in [1.54, 1.807) is 7.11 Å². The van der Waals surface area contributed by atoms with Gasteiger partial charge in [-0.15, -0.1) is 11.6 Å². The summed E-state index contributed by atoms with van der Waals surface area (Å²) in [4.78, 5) is 4.17. The zero-order chi connectivity index (χ0) is 11.4. The van der Waals surface area contributed by atoms with Gasteiger partial charge in [0, 0.05) is 10.0 Å². The normalized spacial score (nSPS) is 11.6. The predicted octanol–water partition coefficient (Wildman–Crippen LogP) is 2.99. The van der Waals surface area contributed by atoms with Crippen LogP contribution in [0.25, 0.3) is 0 Å². The summed E-state index contributed by atoms with van der Waals surface area (Å²) in [7, 11) is 1.60. The standard InChI is InChI=1S/C10H12BrClN2O/c1-6-7(11)3-4-8(10(6)15-2)14-9(13)5-12/h3-4H,5H2,1-2H3,(H2,13,14). The first-order valence-electron chi connectivity index (χ1n) is 4.32. The van der Waals surface area contributed by atoms with Gasteiger partial charge in [0.15, 0.2) is 0 Å². The number of methoxy groups -OCH3 is 1. The van der Waals surface area contributed by atoms with Crippen molar-refractivity contribution in [2.75, 3.05) is 13.0 Å². The molecular formula is C10H12BrClN2O. The second-order valence-corrected chi connectivity index (χ2v) is 4.08. The monoisotopic (exact) mass is 290 g/mol. The Balaban J connectivity index is 3.25. The Bertz CT molecular complexity index is 393. The molecule has 0 unspecified atom stereocenters. The van der Waals surface area contributed by atoms with Crippen LogP contribution in [0.4, 0.5) is 5.69 Å². The Hall–Kier alpha value is -0.740. The molecule has 0 aliphatic rings. The van der Waals surface area contributed by atoms with Gasteiger partial charge in [0.1, 0.15) is 17.3 Å². The summed E-state index contributed by atoms with van der Waals surface area (Å²) in [6, 6.07) is 3.73. The van der Waals surface area contributed by atoms with E-state index in [2.05, 4.69) is 20.9 Å². The summed E-state index contributed by atoms with van der Waals surface area (Å²) in [6.45, 7) is 1.94. The van der Waals surface area contributed by atoms with E-state index in [9.17, 15) is 0 Å². The molecule has 2 N–H and O–H groups in total. The highest BCUT2D eigenvalue weighted by Crippen LogP contribution is 2.35. The smallest absolute Gasteiger partial charge is 0.148 e. The molecular weight excluding hydrogens is 279 g/mol. The van der Waals surface area contributed by atoms with Crippen LogP contribution in [0.5, 0.6) is 5.75 Å². The summed E-state index contributed by atoms with van der Waals surface area (Å²) < 4.78 is 6.24. The molecule has 0 aromatic heterocycles. The molecule has 1 rings (SSSR count). The minimum atomic E-state index is 0.207. The molecule has 1 aromatic carbocycles. The highest BCUT2D eigenvalue weighted by Gasteiger charge is 2.08. The fourth-order valence-electron chi connectivity index (χ4n) is 1.18. The van der Waals surface area contributed by atoms with Crippen molar-refractivity contribution in [2.24, 2.45) is 10.7 Å². The molecule has 3 nitrogen and oxygen atoms in total. The third kappa shape index (κ3) is 2.86. The van der Waals surface area contributed by atoms with Gasteiger partial charge < -0.3 is 10.5 Å². The van der Waals surface area contributed by atoms with Crippen LogP contribution in [0.2, 0.25) is 0 Å². The Morgan fingerprint density at radius 2 is 2.27 bits per heavy atom. The van der Waals surface area contributed by atoms with Gasteiger partial charge in [-0.05, 0) is 19.1 Å². The zero-order valence-corrected chi connectivity index (χ0v) is 10.9. The van der Waals surface area contributed by atoms with E-state index in [1.165, 1.54) is 0 Å². The number of benzene rings is 1. The van der Waals surface area contributed by atoms with Gasteiger partial charge >= 0.3 is 0 Å². The average Bonchev–Trinajstić information content (AvgIpc) is 2.24. The largest absolute Gasteiger partial charge is 0.494 e. The van der Waals surface area contributed by atoms with Gasteiger partial charge in [-0.1, -0.05) is 15.9 Å². The van der Waals surface area contributed by atoms with Gasteiger partial charge in [-0.25, -0.2) is 4.99 Å². The lowest BCUT2D eigenvalue weighted by molar-refractivity contribution is 0.413. The van der Waals surface area contributed by atoms with Crippen LogP contribution in [-0.2, 0) is 0 Å². The van der Waals surface area contributed by atoms with Crippen molar-refractivity contribution >= 4 is 39.1 Å². The zero-order valence-electron chi connectivity index (χ0n) is 8.55. The molecule has 0 heterocycles. The highest BCUT2D eigenvalue weighted by molar-refractivity contribution is 9.10. The van der Waals surface area contributed by atoms with E-state index < -0.39 is 0 Å². The van der Waals surface area contributed by atoms with Crippen LogP contribution >= 0.6 is 27.5 Å². The molecule has 0 aliphatic carbocycles. The molecule has 0 spiro atoms. The second kappa shape index (κ2) is 5.37. The number of nitrogens with zero attached hydrogens (tertiary/aromatic N) is 1. The Morgan fingerprint density at radius 3 is 2.80 bits per heavy atom. The van der Waals surface area contributed by atoms with Crippen molar-refractivity contribution < 1.29 is 4.74 Å². The number of alkyl halides is 1. The molecule has 82 valence electrons. The van der Waals surface area contributed by atoms with Crippen molar-refractivity contribution in [3.8, 4) is 5.75 Å². The van der Waals surface area contributed by atoms with Crippen LogP contribution in [0, 0.1) is 6.92 Å². The fourth-order valence-corrected chi connectivity index (χ4v) is 1.56. The minimum Gasteiger partial charge on any atom is -0.494 e. The minimum absolute atomic E-state index is 0.207. The topological polar surface area (TPSA) is 47.6 Å². The number of ether oxygens (including phenoxy) is 1. The maximum atomic E-state index is 5.57. The van der Waals surface area contributed by atoms with Crippen LogP contribution in [0.1, 0.15) is 5.56 Å². The maximum absolute atomic E-state index is 5.57. The van der Waals surface area contributed by atoms with E-state index in [0.717, 1.165) is 10.0 Å². The molecule has 1 aromatic rings. The van der Waals surface area contributed by atoms with Gasteiger partial charge in [0.05, 0.1) is 13.0 Å². The Morgan fingerprint density at radius 1 is 1.60 bits per heavy atom. The number of halogens is 2. The molecule has 0 atom stereocenters. The van der Waals surface area contributed by atoms with Gasteiger partial charge in [-0.3, -0.25) is 0 Å². The molecule has 0 bridgehead atoms. The molecule has 0 fully saturated rings. The van der Waals surface area contributed by atoms with Crippen molar-refractivity contribution in [2.45, 2.75) is 6.92 Å². The molecule has 0 saturated heterocycles. The van der Waals surface area contributed by atoms with Gasteiger partial charge in [-0.2, -0.15) is 0 Å². The van der Waals surface area contributed by atoms with Crippen LogP contribution in [-0.4, -0.2) is 18.8 Å². The summed E-state index contributed by atoms with van der Waals surface area (Å²) in [5, 5.41) is 0. The van der Waals surface area contributed by atoms with Crippen LogP contribution in [0.3, 0.4) is 0 Å². The molecule has 0 amide bonds. The molecule has 15 heavy (non-hydrogen) atoms. The predicted molar refractivity (Wildman–Crippen MR) is 67.4 cm³/mol. The Labute approximate surface area is 102 Å². The van der Waals surface area contributed by atoms with Crippen molar-refractivity contribution in [3.63, 3.8) is 0 Å². The van der Waals surface area contributed by atoms with Crippen LogP contribution < -0.4 is 10.5 Å². The average molecular weight is 292 g/mol. The number of aliphatic imine (C=N–C) groups is 1. The van der Waals surface area contributed by atoms with E-state index in [-0.39, 0.29) is 5.88 Å². The lowest BCUT2D eigenvalue weighted by atomic mass is 10.2. The maximum Gasteiger partial charge on any atom is 0.148 e. The first-order chi connectivity index (χ1) is 7.10. The van der Waals surface area contributed by atoms with Crippen molar-refractivity contribution in [1.82, 2.24) is 0 Å². The first-order valence-corrected chi connectivity index (χ1v) is 5.65. The first kappa shape index (κ1) is 12.3. The summed E-state index contributed by atoms with van der Waals surface area (Å²) >= 11 is 8.98. The fraction of sp³-hybridized carbons (Fsp3) is 0.300. The second-order valence-electron chi connectivity index (χ2n) is 2.96. The lowest BCUT2D eigenvalue weighted by Crippen LogP contribution is -2.12. The van der Waals surface area contributed by atoms with Gasteiger partial charge in [0.25, 0.3) is 0 Å². The number of hydrogen-bond donors (Lipinski definition) is 1. The number of amidine groups is 1. The quantitative estimate of drug-likeness (QED) is 0.529. The number of hydrogen-bond acceptors (Lipinski definition) is 2. The van der Waals surface area contributed by atoms with E-state index >= 15 is 0 Å². The highest BCUT2D eigenvalue weighted by atomic mass is 79.9. The lowest BCUT2D eigenvalue weighted by Gasteiger charge is -2.09. The summed E-state index contributed by atoms with van der Waals surface area (Å²) in [5.41, 5.74) is 7.25. The van der Waals surface area contributed by atoms with Crippen LogP contribution in [0.15, 0.2) is 21.6 Å². The SMILES string of the molecule is COc1c(N=C(N)CCl)ccc(Br)c1C. The molecule has 5 heteroatoms. The van der Waals surface area contributed by atoms with E-state index in [0.29, 0.717) is 17.3 Å². The Kier molecular flexibility index (Phi) is 4.42. The number of nitrogens with two attached hydrogens (primary N) is 1. The van der Waals surface area contributed by atoms with E-state index in [1.807, 2.05) is 19.1 Å². The third-order valence-corrected chi connectivity index (χ3v) is 3.06. The molecule has 0 radical (unpaired) electrons. The molecule has 0 saturated carbocycles.